The van der Waals surface area contributed by atoms with Crippen LogP contribution in [-0.2, 0) is 11.3 Å². The van der Waals surface area contributed by atoms with Crippen molar-refractivity contribution in [3.63, 3.8) is 0 Å². The van der Waals surface area contributed by atoms with E-state index in [9.17, 15) is 13.2 Å². The Hall–Kier alpha value is -3.83. The van der Waals surface area contributed by atoms with Gasteiger partial charge in [-0.3, -0.25) is 0 Å². The summed E-state index contributed by atoms with van der Waals surface area (Å²) in [4.78, 5) is 0. The Bertz CT molecular complexity index is 1340. The molecule has 4 aromatic rings. The third kappa shape index (κ3) is 4.47. The molecule has 0 N–H and O–H groups in total. The predicted octanol–water partition coefficient (Wildman–Crippen LogP) is 7.73. The van der Waals surface area contributed by atoms with Crippen LogP contribution in [0.4, 0.5) is 13.2 Å². The van der Waals surface area contributed by atoms with Gasteiger partial charge in [0, 0.05) is 16.7 Å². The summed E-state index contributed by atoms with van der Waals surface area (Å²) in [6.45, 7) is 4.12. The smallest absolute Gasteiger partial charge is 0.167 e. The molecule has 0 aromatic heterocycles. The number of hydrogen-bond acceptors (Lipinski definition) is 2. The Kier molecular flexibility index (Phi) is 5.95. The highest BCUT2D eigenvalue weighted by molar-refractivity contribution is 5.67. The highest BCUT2D eigenvalue weighted by Gasteiger charge is 2.27. The fourth-order valence-electron chi connectivity index (χ4n) is 3.82. The Balaban J connectivity index is 1.28. The van der Waals surface area contributed by atoms with E-state index in [0.29, 0.717) is 23.5 Å². The zero-order valence-electron chi connectivity index (χ0n) is 18.2. The van der Waals surface area contributed by atoms with Gasteiger partial charge in [0.1, 0.15) is 24.3 Å². The quantitative estimate of drug-likeness (QED) is 0.264. The molecule has 5 heteroatoms. The van der Waals surface area contributed by atoms with Crippen LogP contribution in [0.25, 0.3) is 28.3 Å². The van der Waals surface area contributed by atoms with Crippen molar-refractivity contribution < 1.29 is 22.6 Å². The number of rotatable bonds is 7. The van der Waals surface area contributed by atoms with Crippen molar-refractivity contribution in [2.24, 2.45) is 0 Å². The minimum absolute atomic E-state index is 0.119. The van der Waals surface area contributed by atoms with Gasteiger partial charge < -0.3 is 9.47 Å². The summed E-state index contributed by atoms with van der Waals surface area (Å²) in [5, 5.41) is 0. The van der Waals surface area contributed by atoms with Crippen LogP contribution in [0, 0.1) is 17.5 Å². The summed E-state index contributed by atoms with van der Waals surface area (Å²) in [6.07, 6.45) is 1.55. The molecular formula is C29H21F3O2. The SMILES string of the molecule is C=Cc1ccc(-c2ccc(COc3ccc(-c4ccc(C5CO5)c(F)c4)cc3)c(F)c2F)cc1. The largest absolute Gasteiger partial charge is 0.489 e. The summed E-state index contributed by atoms with van der Waals surface area (Å²) in [5.41, 5.74) is 3.91. The topological polar surface area (TPSA) is 21.8 Å². The van der Waals surface area contributed by atoms with Crippen LogP contribution < -0.4 is 4.74 Å². The lowest BCUT2D eigenvalue weighted by atomic mass is 10.0. The molecule has 1 saturated heterocycles. The lowest BCUT2D eigenvalue weighted by molar-refractivity contribution is 0.297. The van der Waals surface area contributed by atoms with Gasteiger partial charge in [-0.15, -0.1) is 0 Å². The third-order valence-electron chi connectivity index (χ3n) is 5.88. The highest BCUT2D eigenvalue weighted by atomic mass is 19.2. The van der Waals surface area contributed by atoms with Gasteiger partial charge in [-0.2, -0.15) is 0 Å². The van der Waals surface area contributed by atoms with Crippen molar-refractivity contribution in [2.45, 2.75) is 12.7 Å². The molecule has 1 atom stereocenters. The second kappa shape index (κ2) is 9.20. The number of epoxide rings is 1. The third-order valence-corrected chi connectivity index (χ3v) is 5.88. The van der Waals surface area contributed by atoms with E-state index >= 15 is 0 Å². The number of benzene rings is 4. The maximum absolute atomic E-state index is 14.7. The van der Waals surface area contributed by atoms with Gasteiger partial charge in [0.2, 0.25) is 0 Å². The predicted molar refractivity (Wildman–Crippen MR) is 127 cm³/mol. The van der Waals surface area contributed by atoms with E-state index in [0.717, 1.165) is 16.7 Å². The normalized spacial score (nSPS) is 14.6. The van der Waals surface area contributed by atoms with Gasteiger partial charge in [-0.05, 0) is 40.5 Å². The molecule has 0 radical (unpaired) electrons. The monoisotopic (exact) mass is 458 g/mol. The summed E-state index contributed by atoms with van der Waals surface area (Å²) < 4.78 is 54.5. The van der Waals surface area contributed by atoms with Crippen LogP contribution in [0.15, 0.2) is 85.4 Å². The molecule has 0 spiro atoms. The van der Waals surface area contributed by atoms with Crippen molar-refractivity contribution in [3.8, 4) is 28.0 Å². The molecule has 1 heterocycles. The molecule has 1 unspecified atom stereocenters. The van der Waals surface area contributed by atoms with Crippen molar-refractivity contribution >= 4 is 6.08 Å². The molecule has 0 saturated carbocycles. The molecule has 4 aromatic carbocycles. The van der Waals surface area contributed by atoms with Gasteiger partial charge in [-0.1, -0.05) is 73.3 Å². The second-order valence-corrected chi connectivity index (χ2v) is 8.10. The molecule has 34 heavy (non-hydrogen) atoms. The zero-order chi connectivity index (χ0) is 23.7. The van der Waals surface area contributed by atoms with Crippen molar-refractivity contribution in [3.05, 3.63) is 120 Å². The summed E-state index contributed by atoms with van der Waals surface area (Å²) in [6, 6.07) is 22.2. The Morgan fingerprint density at radius 2 is 1.50 bits per heavy atom. The first kappa shape index (κ1) is 22.0. The van der Waals surface area contributed by atoms with Crippen molar-refractivity contribution in [1.82, 2.24) is 0 Å². The second-order valence-electron chi connectivity index (χ2n) is 8.10. The maximum Gasteiger partial charge on any atom is 0.167 e. The van der Waals surface area contributed by atoms with E-state index in [1.807, 2.05) is 6.07 Å². The van der Waals surface area contributed by atoms with Crippen molar-refractivity contribution in [1.29, 1.82) is 0 Å². The van der Waals surface area contributed by atoms with Crippen molar-refractivity contribution in [2.75, 3.05) is 6.61 Å². The molecule has 1 fully saturated rings. The highest BCUT2D eigenvalue weighted by Crippen LogP contribution is 2.34. The average molecular weight is 458 g/mol. The Morgan fingerprint density at radius 3 is 2.15 bits per heavy atom. The standard InChI is InChI=1S/C29H21F3O2/c1-2-18-3-5-20(6-4-18)24-13-10-22(28(31)29(24)32)16-33-23-11-7-19(8-12-23)21-9-14-25(26(30)15-21)27-17-34-27/h2-15,27H,1,16-17H2. The molecule has 1 aliphatic heterocycles. The minimum Gasteiger partial charge on any atom is -0.489 e. The molecule has 0 bridgehead atoms. The van der Waals surface area contributed by atoms with Crippen LogP contribution in [0.1, 0.15) is 22.8 Å². The van der Waals surface area contributed by atoms with Gasteiger partial charge in [-0.25, -0.2) is 13.2 Å². The average Bonchev–Trinajstić information content (AvgIpc) is 3.71. The number of hydrogen-bond donors (Lipinski definition) is 0. The van der Waals surface area contributed by atoms with E-state index in [1.165, 1.54) is 12.1 Å². The molecule has 0 aliphatic carbocycles. The first-order valence-corrected chi connectivity index (χ1v) is 10.9. The summed E-state index contributed by atoms with van der Waals surface area (Å²) >= 11 is 0. The molecule has 2 nitrogen and oxygen atoms in total. The van der Waals surface area contributed by atoms with E-state index in [1.54, 1.807) is 66.7 Å². The molecular weight excluding hydrogens is 437 g/mol. The minimum atomic E-state index is -0.933. The van der Waals surface area contributed by atoms with Crippen LogP contribution >= 0.6 is 0 Å². The van der Waals surface area contributed by atoms with Gasteiger partial charge in [0.25, 0.3) is 0 Å². The summed E-state index contributed by atoms with van der Waals surface area (Å²) in [5.74, 6) is -1.64. The lowest BCUT2D eigenvalue weighted by Gasteiger charge is -2.11. The molecule has 170 valence electrons. The first-order chi connectivity index (χ1) is 16.5. The van der Waals surface area contributed by atoms with Crippen LogP contribution in [0.2, 0.25) is 0 Å². The van der Waals surface area contributed by atoms with E-state index in [-0.39, 0.29) is 29.7 Å². The molecule has 1 aliphatic rings. The lowest BCUT2D eigenvalue weighted by Crippen LogP contribution is -2.02. The zero-order valence-corrected chi connectivity index (χ0v) is 18.2. The van der Waals surface area contributed by atoms with Gasteiger partial charge in [0.15, 0.2) is 11.6 Å². The van der Waals surface area contributed by atoms with E-state index < -0.39 is 11.6 Å². The molecule has 5 rings (SSSR count). The fraction of sp³-hybridized carbons (Fsp3) is 0.103. The van der Waals surface area contributed by atoms with Crippen LogP contribution in [0.3, 0.4) is 0 Å². The van der Waals surface area contributed by atoms with E-state index in [4.69, 9.17) is 9.47 Å². The first-order valence-electron chi connectivity index (χ1n) is 10.9. The Labute approximate surface area is 195 Å². The number of halogens is 3. The van der Waals surface area contributed by atoms with Crippen LogP contribution in [-0.4, -0.2) is 6.61 Å². The Morgan fingerprint density at radius 1 is 0.824 bits per heavy atom. The fourth-order valence-corrected chi connectivity index (χ4v) is 3.82. The van der Waals surface area contributed by atoms with Crippen LogP contribution in [0.5, 0.6) is 5.75 Å². The molecule has 0 amide bonds. The summed E-state index contributed by atoms with van der Waals surface area (Å²) in [7, 11) is 0. The van der Waals surface area contributed by atoms with Gasteiger partial charge >= 0.3 is 0 Å². The maximum atomic E-state index is 14.7. The van der Waals surface area contributed by atoms with Gasteiger partial charge in [0.05, 0.1) is 6.61 Å². The number of ether oxygens (including phenoxy) is 2. The van der Waals surface area contributed by atoms with E-state index in [2.05, 4.69) is 6.58 Å².